The maximum atomic E-state index is 3.60. The van der Waals surface area contributed by atoms with Crippen LogP contribution in [0.25, 0.3) is 10.9 Å². The number of nitrogens with one attached hydrogen (secondary N) is 2. The fourth-order valence-corrected chi connectivity index (χ4v) is 3.09. The zero-order chi connectivity index (χ0) is 11.7. The first-order valence-electron chi connectivity index (χ1n) is 6.32. The first kappa shape index (κ1) is 11.3. The summed E-state index contributed by atoms with van der Waals surface area (Å²) in [5, 5.41) is 4.89. The molecular formula is C14H17BrN2. The van der Waals surface area contributed by atoms with Gasteiger partial charge in [-0.05, 0) is 59.4 Å². The number of piperidine rings is 1. The van der Waals surface area contributed by atoms with Crippen molar-refractivity contribution in [3.8, 4) is 0 Å². The predicted molar refractivity (Wildman–Crippen MR) is 75.3 cm³/mol. The number of aromatic amines is 1. The molecular weight excluding hydrogens is 276 g/mol. The molecule has 2 N–H and O–H groups in total. The van der Waals surface area contributed by atoms with E-state index in [1.807, 2.05) is 6.20 Å². The fourth-order valence-electron chi connectivity index (χ4n) is 2.64. The fraction of sp³-hybridized carbons (Fsp3) is 0.429. The summed E-state index contributed by atoms with van der Waals surface area (Å²) in [4.78, 5) is 3.26. The molecule has 17 heavy (non-hydrogen) atoms. The zero-order valence-corrected chi connectivity index (χ0v) is 11.4. The highest BCUT2D eigenvalue weighted by atomic mass is 79.9. The molecule has 0 amide bonds. The molecule has 0 bridgehead atoms. The number of halogens is 1. The summed E-state index contributed by atoms with van der Waals surface area (Å²) in [6, 6.07) is 7.38. The topological polar surface area (TPSA) is 27.8 Å². The van der Waals surface area contributed by atoms with Crippen molar-refractivity contribution in [1.82, 2.24) is 10.3 Å². The van der Waals surface area contributed by atoms with Gasteiger partial charge in [-0.3, -0.25) is 0 Å². The van der Waals surface area contributed by atoms with Crippen LogP contribution in [-0.4, -0.2) is 17.6 Å². The first-order chi connectivity index (χ1) is 8.33. The molecule has 3 heteroatoms. The van der Waals surface area contributed by atoms with Crippen LogP contribution in [0.1, 0.15) is 24.8 Å². The van der Waals surface area contributed by atoms with Crippen molar-refractivity contribution in [1.29, 1.82) is 0 Å². The molecule has 0 radical (unpaired) electrons. The third-order valence-electron chi connectivity index (χ3n) is 3.59. The highest BCUT2D eigenvalue weighted by Gasteiger charge is 2.13. The van der Waals surface area contributed by atoms with E-state index in [1.165, 1.54) is 42.3 Å². The lowest BCUT2D eigenvalue weighted by atomic mass is 9.97. The van der Waals surface area contributed by atoms with Crippen molar-refractivity contribution >= 4 is 26.8 Å². The quantitative estimate of drug-likeness (QED) is 0.869. The van der Waals surface area contributed by atoms with Gasteiger partial charge in [0.1, 0.15) is 0 Å². The molecule has 1 atom stereocenters. The van der Waals surface area contributed by atoms with E-state index in [0.717, 1.165) is 10.9 Å². The Morgan fingerprint density at radius 1 is 1.29 bits per heavy atom. The van der Waals surface area contributed by atoms with Crippen LogP contribution in [0, 0.1) is 0 Å². The van der Waals surface area contributed by atoms with Crippen LogP contribution >= 0.6 is 15.9 Å². The highest BCUT2D eigenvalue weighted by Crippen LogP contribution is 2.25. The Labute approximate surface area is 110 Å². The summed E-state index contributed by atoms with van der Waals surface area (Å²) in [7, 11) is 0. The summed E-state index contributed by atoms with van der Waals surface area (Å²) in [6.45, 7) is 1.18. The average Bonchev–Trinajstić information content (AvgIpc) is 2.73. The number of benzene rings is 1. The molecule has 3 rings (SSSR count). The van der Waals surface area contributed by atoms with E-state index >= 15 is 0 Å². The van der Waals surface area contributed by atoms with Gasteiger partial charge in [-0.25, -0.2) is 0 Å². The van der Waals surface area contributed by atoms with E-state index in [4.69, 9.17) is 0 Å². The second-order valence-corrected chi connectivity index (χ2v) is 5.72. The third-order valence-corrected chi connectivity index (χ3v) is 4.25. The Hall–Kier alpha value is -0.800. The maximum absolute atomic E-state index is 3.60. The molecule has 1 unspecified atom stereocenters. The van der Waals surface area contributed by atoms with Gasteiger partial charge in [-0.15, -0.1) is 0 Å². The number of hydrogen-bond donors (Lipinski definition) is 2. The summed E-state index contributed by atoms with van der Waals surface area (Å²) in [6.07, 6.45) is 7.17. The molecule has 1 aliphatic rings. The predicted octanol–water partition coefficient (Wildman–Crippen LogP) is 3.62. The summed E-state index contributed by atoms with van der Waals surface area (Å²) in [5.74, 6) is 0. The van der Waals surface area contributed by atoms with Gasteiger partial charge in [0.15, 0.2) is 0 Å². The van der Waals surface area contributed by atoms with E-state index in [-0.39, 0.29) is 0 Å². The molecule has 2 nitrogen and oxygen atoms in total. The second-order valence-electron chi connectivity index (χ2n) is 4.87. The van der Waals surface area contributed by atoms with Gasteiger partial charge in [0.2, 0.25) is 0 Å². The number of H-pyrrole nitrogens is 1. The molecule has 2 aromatic rings. The standard InChI is InChI=1S/C14H17BrN2/c15-13-9-17-14-5-4-10(8-12(13)14)7-11-3-1-2-6-16-11/h4-5,8-9,11,16-17H,1-3,6-7H2. The summed E-state index contributed by atoms with van der Waals surface area (Å²) >= 11 is 3.58. The minimum Gasteiger partial charge on any atom is -0.360 e. The molecule has 2 heterocycles. The molecule has 1 aromatic carbocycles. The normalized spacial score (nSPS) is 20.9. The van der Waals surface area contributed by atoms with Gasteiger partial charge in [0.25, 0.3) is 0 Å². The van der Waals surface area contributed by atoms with Crippen LogP contribution < -0.4 is 5.32 Å². The Kier molecular flexibility index (Phi) is 3.21. The van der Waals surface area contributed by atoms with Crippen molar-refractivity contribution in [2.75, 3.05) is 6.54 Å². The van der Waals surface area contributed by atoms with Crippen molar-refractivity contribution < 1.29 is 0 Å². The summed E-state index contributed by atoms with van der Waals surface area (Å²) in [5.41, 5.74) is 2.63. The molecule has 1 aromatic heterocycles. The highest BCUT2D eigenvalue weighted by molar-refractivity contribution is 9.10. The van der Waals surface area contributed by atoms with Crippen LogP contribution in [0.3, 0.4) is 0 Å². The number of rotatable bonds is 2. The van der Waals surface area contributed by atoms with Gasteiger partial charge in [0.05, 0.1) is 0 Å². The van der Waals surface area contributed by atoms with Crippen LogP contribution in [0.4, 0.5) is 0 Å². The van der Waals surface area contributed by atoms with Crippen LogP contribution in [-0.2, 0) is 6.42 Å². The van der Waals surface area contributed by atoms with Crippen molar-refractivity contribution in [2.24, 2.45) is 0 Å². The molecule has 1 aliphatic heterocycles. The number of hydrogen-bond acceptors (Lipinski definition) is 1. The monoisotopic (exact) mass is 292 g/mol. The molecule has 1 fully saturated rings. The number of fused-ring (bicyclic) bond motifs is 1. The van der Waals surface area contributed by atoms with Crippen LogP contribution in [0.15, 0.2) is 28.9 Å². The van der Waals surface area contributed by atoms with Gasteiger partial charge in [-0.1, -0.05) is 12.5 Å². The zero-order valence-electron chi connectivity index (χ0n) is 9.80. The Bertz CT molecular complexity index is 512. The van der Waals surface area contributed by atoms with E-state index in [1.54, 1.807) is 0 Å². The van der Waals surface area contributed by atoms with Crippen LogP contribution in [0.5, 0.6) is 0 Å². The minimum atomic E-state index is 0.666. The largest absolute Gasteiger partial charge is 0.360 e. The van der Waals surface area contributed by atoms with Gasteiger partial charge in [-0.2, -0.15) is 0 Å². The smallest absolute Gasteiger partial charge is 0.0465 e. The second kappa shape index (κ2) is 4.83. The minimum absolute atomic E-state index is 0.666. The van der Waals surface area contributed by atoms with E-state index in [2.05, 4.69) is 44.4 Å². The first-order valence-corrected chi connectivity index (χ1v) is 7.11. The Morgan fingerprint density at radius 3 is 3.06 bits per heavy atom. The van der Waals surface area contributed by atoms with Crippen molar-refractivity contribution in [2.45, 2.75) is 31.7 Å². The molecule has 0 aliphatic carbocycles. The van der Waals surface area contributed by atoms with E-state index in [9.17, 15) is 0 Å². The third kappa shape index (κ3) is 2.40. The van der Waals surface area contributed by atoms with Gasteiger partial charge >= 0.3 is 0 Å². The summed E-state index contributed by atoms with van der Waals surface area (Å²) < 4.78 is 1.16. The number of aromatic nitrogens is 1. The van der Waals surface area contributed by atoms with Crippen LogP contribution in [0.2, 0.25) is 0 Å². The molecule has 1 saturated heterocycles. The van der Waals surface area contributed by atoms with Gasteiger partial charge in [0, 0.05) is 27.6 Å². The van der Waals surface area contributed by atoms with Crippen molar-refractivity contribution in [3.05, 3.63) is 34.4 Å². The molecule has 0 spiro atoms. The average molecular weight is 293 g/mol. The lowest BCUT2D eigenvalue weighted by Gasteiger charge is -2.23. The Morgan fingerprint density at radius 2 is 2.24 bits per heavy atom. The van der Waals surface area contributed by atoms with E-state index < -0.39 is 0 Å². The van der Waals surface area contributed by atoms with Crippen molar-refractivity contribution in [3.63, 3.8) is 0 Å². The Balaban J connectivity index is 1.82. The molecule has 0 saturated carbocycles. The maximum Gasteiger partial charge on any atom is 0.0465 e. The lowest BCUT2D eigenvalue weighted by Crippen LogP contribution is -2.35. The SMILES string of the molecule is Brc1c[nH]c2ccc(CC3CCCCN3)cc12. The van der Waals surface area contributed by atoms with E-state index in [0.29, 0.717) is 6.04 Å². The van der Waals surface area contributed by atoms with Gasteiger partial charge < -0.3 is 10.3 Å². The molecule has 90 valence electrons. The lowest BCUT2D eigenvalue weighted by molar-refractivity contribution is 0.399.